The second-order valence-electron chi connectivity index (χ2n) is 4.84. The zero-order chi connectivity index (χ0) is 14.2. The molecule has 104 valence electrons. The van der Waals surface area contributed by atoms with Gasteiger partial charge in [-0.1, -0.05) is 6.07 Å². The molecule has 0 amide bonds. The Morgan fingerprint density at radius 2 is 1.89 bits per heavy atom. The van der Waals surface area contributed by atoms with Crippen molar-refractivity contribution in [3.63, 3.8) is 0 Å². The highest BCUT2D eigenvalue weighted by molar-refractivity contribution is 5.82. The summed E-state index contributed by atoms with van der Waals surface area (Å²) in [5, 5.41) is 9.81. The number of rotatable bonds is 3. The molecule has 2 rings (SSSR count). The van der Waals surface area contributed by atoms with Crippen LogP contribution in [-0.2, 0) is 12.6 Å². The molecule has 0 aliphatic carbocycles. The predicted octanol–water partition coefficient (Wildman–Crippen LogP) is 3.78. The van der Waals surface area contributed by atoms with Gasteiger partial charge in [0.05, 0.1) is 5.56 Å². The monoisotopic (exact) mass is 271 g/mol. The van der Waals surface area contributed by atoms with Gasteiger partial charge < -0.3 is 9.67 Å². The van der Waals surface area contributed by atoms with E-state index in [1.807, 2.05) is 24.5 Å². The van der Waals surface area contributed by atoms with Crippen molar-refractivity contribution >= 4 is 10.9 Å². The first-order valence-corrected chi connectivity index (χ1v) is 6.16. The molecule has 19 heavy (non-hydrogen) atoms. The molecule has 0 saturated heterocycles. The molecule has 0 saturated carbocycles. The molecular formula is C14H16F3NO. The van der Waals surface area contributed by atoms with Crippen LogP contribution >= 0.6 is 0 Å². The zero-order valence-corrected chi connectivity index (χ0v) is 10.8. The zero-order valence-electron chi connectivity index (χ0n) is 10.8. The van der Waals surface area contributed by atoms with Crippen LogP contribution in [0.25, 0.3) is 10.9 Å². The molecule has 2 aromatic rings. The van der Waals surface area contributed by atoms with Gasteiger partial charge in [0.2, 0.25) is 0 Å². The Morgan fingerprint density at radius 1 is 1.21 bits per heavy atom. The fourth-order valence-electron chi connectivity index (χ4n) is 2.37. The minimum atomic E-state index is -4.34. The average Bonchev–Trinajstić information content (AvgIpc) is 2.65. The number of aliphatic hydroxyl groups excluding tert-OH is 1. The van der Waals surface area contributed by atoms with E-state index in [9.17, 15) is 13.2 Å². The van der Waals surface area contributed by atoms with Crippen LogP contribution in [0.2, 0.25) is 0 Å². The van der Waals surface area contributed by atoms with E-state index in [4.69, 9.17) is 5.11 Å². The van der Waals surface area contributed by atoms with Crippen molar-refractivity contribution in [2.24, 2.45) is 0 Å². The standard InChI is InChI=1S/C14H16F3NO/c1-9(2)18-12(5-6-19)7-10-3-4-11(8-13(10)18)14(15,16)17/h3-4,7-9,19H,5-6H2,1-2H3. The molecule has 0 atom stereocenters. The van der Waals surface area contributed by atoms with Crippen LogP contribution in [-0.4, -0.2) is 16.3 Å². The van der Waals surface area contributed by atoms with Gasteiger partial charge in [0, 0.05) is 30.3 Å². The van der Waals surface area contributed by atoms with E-state index < -0.39 is 11.7 Å². The summed E-state index contributed by atoms with van der Waals surface area (Å²) in [6.07, 6.45) is -3.90. The van der Waals surface area contributed by atoms with Crippen LogP contribution in [0.3, 0.4) is 0 Å². The number of aliphatic hydroxyl groups is 1. The second kappa shape index (κ2) is 4.89. The van der Waals surface area contributed by atoms with Crippen molar-refractivity contribution in [1.29, 1.82) is 0 Å². The third-order valence-electron chi connectivity index (χ3n) is 3.13. The van der Waals surface area contributed by atoms with Crippen molar-refractivity contribution in [3.8, 4) is 0 Å². The van der Waals surface area contributed by atoms with Gasteiger partial charge in [-0.2, -0.15) is 13.2 Å². The first kappa shape index (κ1) is 13.9. The van der Waals surface area contributed by atoms with E-state index in [1.165, 1.54) is 12.1 Å². The Balaban J connectivity index is 2.66. The summed E-state index contributed by atoms with van der Waals surface area (Å²) in [6, 6.07) is 5.64. The van der Waals surface area contributed by atoms with Gasteiger partial charge in [-0.3, -0.25) is 0 Å². The summed E-state index contributed by atoms with van der Waals surface area (Å²) < 4.78 is 40.1. The Hall–Kier alpha value is -1.49. The number of halogens is 3. The highest BCUT2D eigenvalue weighted by Gasteiger charge is 2.31. The fraction of sp³-hybridized carbons (Fsp3) is 0.429. The Morgan fingerprint density at radius 3 is 2.42 bits per heavy atom. The number of fused-ring (bicyclic) bond motifs is 1. The van der Waals surface area contributed by atoms with Gasteiger partial charge in [-0.25, -0.2) is 0 Å². The number of alkyl halides is 3. The molecule has 5 heteroatoms. The molecule has 0 radical (unpaired) electrons. The Bertz CT molecular complexity index is 584. The predicted molar refractivity (Wildman–Crippen MR) is 68.1 cm³/mol. The van der Waals surface area contributed by atoms with Crippen molar-refractivity contribution in [3.05, 3.63) is 35.5 Å². The SMILES string of the molecule is CC(C)n1c(CCO)cc2ccc(C(F)(F)F)cc21. The molecule has 1 aromatic carbocycles. The van der Waals surface area contributed by atoms with E-state index in [0.29, 0.717) is 11.9 Å². The fourth-order valence-corrected chi connectivity index (χ4v) is 2.37. The number of benzene rings is 1. The average molecular weight is 271 g/mol. The summed E-state index contributed by atoms with van der Waals surface area (Å²) in [6.45, 7) is 3.82. The maximum atomic E-state index is 12.8. The molecule has 1 aromatic heterocycles. The highest BCUT2D eigenvalue weighted by atomic mass is 19.4. The molecule has 0 aliphatic heterocycles. The lowest BCUT2D eigenvalue weighted by Gasteiger charge is -2.15. The highest BCUT2D eigenvalue weighted by Crippen LogP contribution is 2.33. The number of nitrogens with zero attached hydrogens (tertiary/aromatic N) is 1. The third-order valence-corrected chi connectivity index (χ3v) is 3.13. The summed E-state index contributed by atoms with van der Waals surface area (Å²) in [5.74, 6) is 0. The van der Waals surface area contributed by atoms with E-state index in [-0.39, 0.29) is 12.6 Å². The largest absolute Gasteiger partial charge is 0.416 e. The molecular weight excluding hydrogens is 255 g/mol. The number of aromatic nitrogens is 1. The van der Waals surface area contributed by atoms with Crippen molar-refractivity contribution in [2.45, 2.75) is 32.5 Å². The Kier molecular flexibility index (Phi) is 3.58. The van der Waals surface area contributed by atoms with E-state index >= 15 is 0 Å². The molecule has 1 heterocycles. The van der Waals surface area contributed by atoms with Gasteiger partial charge >= 0.3 is 6.18 Å². The molecule has 0 aliphatic rings. The van der Waals surface area contributed by atoms with Crippen LogP contribution in [0.1, 0.15) is 31.1 Å². The smallest absolute Gasteiger partial charge is 0.396 e. The van der Waals surface area contributed by atoms with Crippen molar-refractivity contribution in [1.82, 2.24) is 4.57 Å². The van der Waals surface area contributed by atoms with Gasteiger partial charge in [0.1, 0.15) is 0 Å². The summed E-state index contributed by atoms with van der Waals surface area (Å²) in [7, 11) is 0. The lowest BCUT2D eigenvalue weighted by molar-refractivity contribution is -0.137. The second-order valence-corrected chi connectivity index (χ2v) is 4.84. The van der Waals surface area contributed by atoms with Crippen LogP contribution in [0.15, 0.2) is 24.3 Å². The summed E-state index contributed by atoms with van der Waals surface area (Å²) in [5.41, 5.74) is 0.774. The lowest BCUT2D eigenvalue weighted by atomic mass is 10.1. The van der Waals surface area contributed by atoms with Crippen LogP contribution in [0.5, 0.6) is 0 Å². The molecule has 0 spiro atoms. The van der Waals surface area contributed by atoms with E-state index in [2.05, 4.69) is 0 Å². The maximum absolute atomic E-state index is 12.8. The van der Waals surface area contributed by atoms with Crippen LogP contribution in [0, 0.1) is 0 Å². The van der Waals surface area contributed by atoms with Crippen LogP contribution < -0.4 is 0 Å². The Labute approximate surface area is 109 Å². The first-order chi connectivity index (χ1) is 8.84. The van der Waals surface area contributed by atoms with Gasteiger partial charge in [0.25, 0.3) is 0 Å². The van der Waals surface area contributed by atoms with Crippen molar-refractivity contribution < 1.29 is 18.3 Å². The summed E-state index contributed by atoms with van der Waals surface area (Å²) in [4.78, 5) is 0. The van der Waals surface area contributed by atoms with E-state index in [0.717, 1.165) is 17.1 Å². The lowest BCUT2D eigenvalue weighted by Crippen LogP contribution is -2.08. The number of hydrogen-bond acceptors (Lipinski definition) is 1. The van der Waals surface area contributed by atoms with Crippen molar-refractivity contribution in [2.75, 3.05) is 6.61 Å². The van der Waals surface area contributed by atoms with Gasteiger partial charge in [-0.15, -0.1) is 0 Å². The molecule has 1 N–H and O–H groups in total. The third kappa shape index (κ3) is 2.61. The minimum Gasteiger partial charge on any atom is -0.396 e. The quantitative estimate of drug-likeness (QED) is 0.903. The molecule has 0 unspecified atom stereocenters. The van der Waals surface area contributed by atoms with Gasteiger partial charge in [0.15, 0.2) is 0 Å². The van der Waals surface area contributed by atoms with Gasteiger partial charge in [-0.05, 0) is 37.4 Å². The van der Waals surface area contributed by atoms with Crippen LogP contribution in [0.4, 0.5) is 13.2 Å². The topological polar surface area (TPSA) is 25.2 Å². The summed E-state index contributed by atoms with van der Waals surface area (Å²) >= 11 is 0. The first-order valence-electron chi connectivity index (χ1n) is 6.16. The maximum Gasteiger partial charge on any atom is 0.416 e. The normalized spacial score (nSPS) is 12.6. The minimum absolute atomic E-state index is 0.0187. The number of hydrogen-bond donors (Lipinski definition) is 1. The van der Waals surface area contributed by atoms with E-state index in [1.54, 1.807) is 0 Å². The molecule has 0 bridgehead atoms. The molecule has 0 fully saturated rings. The molecule has 2 nitrogen and oxygen atoms in total.